The van der Waals surface area contributed by atoms with Crippen LogP contribution in [0.25, 0.3) is 0 Å². The van der Waals surface area contributed by atoms with Crippen LogP contribution in [0.5, 0.6) is 0 Å². The molecule has 20 heavy (non-hydrogen) atoms. The zero-order valence-corrected chi connectivity index (χ0v) is 12.5. The van der Waals surface area contributed by atoms with Crippen molar-refractivity contribution in [3.8, 4) is 0 Å². The number of urea groups is 1. The molecule has 2 rings (SSSR count). The fourth-order valence-corrected chi connectivity index (χ4v) is 3.74. The quantitative estimate of drug-likeness (QED) is 0.835. The number of nitrogens with one attached hydrogen (secondary N) is 1. The van der Waals surface area contributed by atoms with E-state index in [1.807, 2.05) is 4.90 Å². The van der Waals surface area contributed by atoms with Gasteiger partial charge in [0.1, 0.15) is 0 Å². The van der Waals surface area contributed by atoms with Crippen molar-refractivity contribution in [2.24, 2.45) is 11.8 Å². The molecule has 2 N–H and O–H groups in total. The first-order valence-corrected chi connectivity index (χ1v) is 7.79. The van der Waals surface area contributed by atoms with Crippen LogP contribution >= 0.6 is 0 Å². The largest absolute Gasteiger partial charge is 0.481 e. The number of piperidine rings is 1. The van der Waals surface area contributed by atoms with Crippen LogP contribution in [-0.4, -0.2) is 40.6 Å². The zero-order valence-electron chi connectivity index (χ0n) is 12.5. The number of hydrogen-bond donors (Lipinski definition) is 2. The van der Waals surface area contributed by atoms with Gasteiger partial charge in [0.2, 0.25) is 0 Å². The minimum atomic E-state index is -0.721. The molecule has 2 fully saturated rings. The molecule has 4 atom stereocenters. The van der Waals surface area contributed by atoms with Gasteiger partial charge in [-0.1, -0.05) is 6.42 Å². The molecular weight excluding hydrogens is 256 g/mol. The highest BCUT2D eigenvalue weighted by Crippen LogP contribution is 2.31. The number of amides is 2. The molecule has 5 heteroatoms. The summed E-state index contributed by atoms with van der Waals surface area (Å²) in [5, 5.41) is 12.1. The Morgan fingerprint density at radius 1 is 1.10 bits per heavy atom. The fraction of sp³-hybridized carbons (Fsp3) is 0.867. The summed E-state index contributed by atoms with van der Waals surface area (Å²) >= 11 is 0. The third-order valence-electron chi connectivity index (χ3n) is 4.92. The topological polar surface area (TPSA) is 69.6 Å². The Morgan fingerprint density at radius 3 is 2.30 bits per heavy atom. The van der Waals surface area contributed by atoms with Gasteiger partial charge in [-0.25, -0.2) is 4.79 Å². The van der Waals surface area contributed by atoms with E-state index in [2.05, 4.69) is 19.2 Å². The van der Waals surface area contributed by atoms with Crippen LogP contribution in [0, 0.1) is 11.8 Å². The highest BCUT2D eigenvalue weighted by atomic mass is 16.4. The maximum absolute atomic E-state index is 12.3. The number of likely N-dealkylation sites (tertiary alicyclic amines) is 1. The molecule has 0 aromatic carbocycles. The Hall–Kier alpha value is -1.26. The van der Waals surface area contributed by atoms with E-state index in [9.17, 15) is 9.59 Å². The fourth-order valence-electron chi connectivity index (χ4n) is 3.74. The molecule has 2 unspecified atom stereocenters. The van der Waals surface area contributed by atoms with E-state index in [0.717, 1.165) is 32.1 Å². The van der Waals surface area contributed by atoms with E-state index in [0.29, 0.717) is 6.54 Å². The third kappa shape index (κ3) is 3.25. The van der Waals surface area contributed by atoms with Crippen LogP contribution in [-0.2, 0) is 4.79 Å². The minimum absolute atomic E-state index is 0.0271. The molecule has 0 bridgehead atoms. The van der Waals surface area contributed by atoms with Gasteiger partial charge in [-0.3, -0.25) is 4.79 Å². The van der Waals surface area contributed by atoms with Crippen molar-refractivity contribution in [2.45, 2.75) is 64.5 Å². The standard InChI is InChI=1S/C15H26N2O3/c1-10-5-3-6-11(2)17(10)15(20)16-9-12-7-4-8-13(12)14(18)19/h10-13H,3-9H2,1-2H3,(H,16,20)(H,18,19)/t10-,11+,12?,13?. The third-order valence-corrected chi connectivity index (χ3v) is 4.92. The van der Waals surface area contributed by atoms with Crippen molar-refractivity contribution in [3.05, 3.63) is 0 Å². The normalized spacial score (nSPS) is 34.0. The van der Waals surface area contributed by atoms with E-state index in [-0.39, 0.29) is 30.0 Å². The molecule has 0 spiro atoms. The van der Waals surface area contributed by atoms with Gasteiger partial charge >= 0.3 is 12.0 Å². The number of rotatable bonds is 3. The van der Waals surface area contributed by atoms with Gasteiger partial charge in [0.15, 0.2) is 0 Å². The van der Waals surface area contributed by atoms with Gasteiger partial charge in [0.05, 0.1) is 5.92 Å². The number of aliphatic carboxylic acids is 1. The van der Waals surface area contributed by atoms with E-state index >= 15 is 0 Å². The highest BCUT2D eigenvalue weighted by Gasteiger charge is 2.34. The van der Waals surface area contributed by atoms with Crippen LogP contribution in [0.15, 0.2) is 0 Å². The molecule has 1 saturated heterocycles. The molecule has 1 heterocycles. The van der Waals surface area contributed by atoms with Crippen LogP contribution in [0.2, 0.25) is 0 Å². The monoisotopic (exact) mass is 282 g/mol. The van der Waals surface area contributed by atoms with E-state index in [1.165, 1.54) is 6.42 Å². The van der Waals surface area contributed by atoms with Crippen molar-refractivity contribution in [1.29, 1.82) is 0 Å². The molecule has 5 nitrogen and oxygen atoms in total. The molecule has 2 amide bonds. The van der Waals surface area contributed by atoms with Gasteiger partial charge in [0.25, 0.3) is 0 Å². The Bertz CT molecular complexity index is 362. The number of carbonyl (C=O) groups is 2. The summed E-state index contributed by atoms with van der Waals surface area (Å²) in [6.07, 6.45) is 5.89. The summed E-state index contributed by atoms with van der Waals surface area (Å²) in [7, 11) is 0. The highest BCUT2D eigenvalue weighted by molar-refractivity contribution is 5.75. The summed E-state index contributed by atoms with van der Waals surface area (Å²) < 4.78 is 0. The zero-order chi connectivity index (χ0) is 14.7. The Kier molecular flexibility index (Phi) is 4.89. The van der Waals surface area contributed by atoms with E-state index < -0.39 is 5.97 Å². The second kappa shape index (κ2) is 6.46. The molecule has 1 aliphatic carbocycles. The summed E-state index contributed by atoms with van der Waals surface area (Å²) in [5.74, 6) is -0.917. The maximum Gasteiger partial charge on any atom is 0.317 e. The van der Waals surface area contributed by atoms with Gasteiger partial charge in [-0.15, -0.1) is 0 Å². The average molecular weight is 282 g/mol. The summed E-state index contributed by atoms with van der Waals surface area (Å²) in [4.78, 5) is 25.4. The molecule has 1 aliphatic heterocycles. The summed E-state index contributed by atoms with van der Waals surface area (Å²) in [5.41, 5.74) is 0. The van der Waals surface area contributed by atoms with E-state index in [1.54, 1.807) is 0 Å². The lowest BCUT2D eigenvalue weighted by molar-refractivity contribution is -0.142. The minimum Gasteiger partial charge on any atom is -0.481 e. The first-order chi connectivity index (χ1) is 9.50. The van der Waals surface area contributed by atoms with Gasteiger partial charge < -0.3 is 15.3 Å². The first kappa shape index (κ1) is 15.1. The molecule has 114 valence electrons. The van der Waals surface area contributed by atoms with Gasteiger partial charge in [-0.2, -0.15) is 0 Å². The number of carboxylic acids is 1. The molecule has 0 aromatic rings. The maximum atomic E-state index is 12.3. The van der Waals surface area contributed by atoms with Crippen LogP contribution in [0.3, 0.4) is 0 Å². The number of carbonyl (C=O) groups excluding carboxylic acids is 1. The molecule has 0 aromatic heterocycles. The van der Waals surface area contributed by atoms with Crippen molar-refractivity contribution < 1.29 is 14.7 Å². The lowest BCUT2D eigenvalue weighted by Crippen LogP contribution is -2.52. The molecular formula is C15H26N2O3. The predicted octanol–water partition coefficient (Wildman–Crippen LogP) is 2.46. The number of carboxylic acid groups (broad SMARTS) is 1. The van der Waals surface area contributed by atoms with Crippen LogP contribution in [0.1, 0.15) is 52.4 Å². The van der Waals surface area contributed by atoms with Crippen LogP contribution < -0.4 is 5.32 Å². The van der Waals surface area contributed by atoms with Crippen molar-refractivity contribution in [1.82, 2.24) is 10.2 Å². The van der Waals surface area contributed by atoms with Gasteiger partial charge in [-0.05, 0) is 51.9 Å². The Morgan fingerprint density at radius 2 is 1.70 bits per heavy atom. The van der Waals surface area contributed by atoms with Crippen molar-refractivity contribution >= 4 is 12.0 Å². The number of nitrogens with zero attached hydrogens (tertiary/aromatic N) is 1. The van der Waals surface area contributed by atoms with Crippen molar-refractivity contribution in [2.75, 3.05) is 6.54 Å². The van der Waals surface area contributed by atoms with Crippen LogP contribution in [0.4, 0.5) is 4.79 Å². The summed E-state index contributed by atoms with van der Waals surface area (Å²) in [6.45, 7) is 4.67. The SMILES string of the molecule is C[C@@H]1CCC[C@H](C)N1C(=O)NCC1CCCC1C(=O)O. The lowest BCUT2D eigenvalue weighted by Gasteiger charge is -2.39. The second-order valence-electron chi connectivity index (χ2n) is 6.36. The molecule has 0 radical (unpaired) electrons. The molecule has 1 saturated carbocycles. The van der Waals surface area contributed by atoms with Crippen molar-refractivity contribution in [3.63, 3.8) is 0 Å². The molecule has 2 aliphatic rings. The Balaban J connectivity index is 1.86. The van der Waals surface area contributed by atoms with Gasteiger partial charge in [0, 0.05) is 18.6 Å². The smallest absolute Gasteiger partial charge is 0.317 e. The first-order valence-electron chi connectivity index (χ1n) is 7.79. The lowest BCUT2D eigenvalue weighted by atomic mass is 9.96. The average Bonchev–Trinajstić information content (AvgIpc) is 2.84. The Labute approximate surface area is 120 Å². The number of hydrogen-bond acceptors (Lipinski definition) is 2. The predicted molar refractivity (Wildman–Crippen MR) is 76.5 cm³/mol. The summed E-state index contributed by atoms with van der Waals surface area (Å²) in [6, 6.07) is 0.524. The second-order valence-corrected chi connectivity index (χ2v) is 6.36. The van der Waals surface area contributed by atoms with E-state index in [4.69, 9.17) is 5.11 Å².